The second kappa shape index (κ2) is 6.96. The Bertz CT molecular complexity index is 374. The summed E-state index contributed by atoms with van der Waals surface area (Å²) in [5, 5.41) is 3.37. The molecule has 3 nitrogen and oxygen atoms in total. The van der Waals surface area contributed by atoms with Crippen molar-refractivity contribution in [3.63, 3.8) is 0 Å². The van der Waals surface area contributed by atoms with Crippen LogP contribution < -0.4 is 5.32 Å². The van der Waals surface area contributed by atoms with E-state index in [9.17, 15) is 13.2 Å². The van der Waals surface area contributed by atoms with Gasteiger partial charge in [-0.25, -0.2) is 0 Å². The van der Waals surface area contributed by atoms with E-state index in [1.165, 1.54) is 0 Å². The third kappa shape index (κ3) is 5.65. The van der Waals surface area contributed by atoms with E-state index < -0.39 is 6.36 Å². The van der Waals surface area contributed by atoms with E-state index in [4.69, 9.17) is 0 Å². The standard InChI is InChI=1S/C13H21F3N2O/c1-4-17-12(10(2)3)11-5-6-18(9-11)7-8-19-13(14,15)16/h5-6,9-10,12,17H,4,7-8H2,1-3H3. The molecule has 0 amide bonds. The van der Waals surface area contributed by atoms with Crippen molar-refractivity contribution >= 4 is 0 Å². The van der Waals surface area contributed by atoms with Crippen molar-refractivity contribution in [2.75, 3.05) is 13.2 Å². The zero-order valence-electron chi connectivity index (χ0n) is 11.5. The van der Waals surface area contributed by atoms with Crippen LogP contribution in [0.5, 0.6) is 0 Å². The maximum atomic E-state index is 11.9. The molecule has 6 heteroatoms. The molecule has 0 saturated carbocycles. The molecule has 1 unspecified atom stereocenters. The lowest BCUT2D eigenvalue weighted by Crippen LogP contribution is -2.25. The highest BCUT2D eigenvalue weighted by molar-refractivity contribution is 5.16. The van der Waals surface area contributed by atoms with E-state index >= 15 is 0 Å². The normalized spacial score (nSPS) is 14.1. The molecule has 0 aliphatic carbocycles. The Morgan fingerprint density at radius 3 is 2.58 bits per heavy atom. The van der Waals surface area contributed by atoms with Crippen LogP contribution in [0.3, 0.4) is 0 Å². The molecule has 1 heterocycles. The SMILES string of the molecule is CCNC(c1ccn(CCOC(F)(F)F)c1)C(C)C. The van der Waals surface area contributed by atoms with Gasteiger partial charge < -0.3 is 9.88 Å². The molecule has 0 saturated heterocycles. The second-order valence-corrected chi connectivity index (χ2v) is 4.76. The molecule has 0 spiro atoms. The molecule has 0 radical (unpaired) electrons. The fourth-order valence-corrected chi connectivity index (χ4v) is 2.01. The van der Waals surface area contributed by atoms with Gasteiger partial charge in [-0.3, -0.25) is 4.74 Å². The van der Waals surface area contributed by atoms with Gasteiger partial charge in [0.2, 0.25) is 0 Å². The Labute approximate surface area is 111 Å². The van der Waals surface area contributed by atoms with Gasteiger partial charge in [-0.05, 0) is 24.1 Å². The lowest BCUT2D eigenvalue weighted by atomic mass is 9.98. The molecule has 19 heavy (non-hydrogen) atoms. The fourth-order valence-electron chi connectivity index (χ4n) is 2.01. The van der Waals surface area contributed by atoms with E-state index in [-0.39, 0.29) is 19.2 Å². The summed E-state index contributed by atoms with van der Waals surface area (Å²) in [6.07, 6.45) is -0.908. The largest absolute Gasteiger partial charge is 0.522 e. The predicted octanol–water partition coefficient (Wildman–Crippen LogP) is 3.33. The van der Waals surface area contributed by atoms with Gasteiger partial charge in [0, 0.05) is 25.0 Å². The summed E-state index contributed by atoms with van der Waals surface area (Å²) in [6, 6.07) is 2.15. The molecule has 0 fully saturated rings. The van der Waals surface area contributed by atoms with Crippen LogP contribution in [0.2, 0.25) is 0 Å². The highest BCUT2D eigenvalue weighted by Gasteiger charge is 2.28. The molecule has 1 aromatic rings. The molecule has 0 aromatic carbocycles. The van der Waals surface area contributed by atoms with Gasteiger partial charge in [-0.2, -0.15) is 0 Å². The third-order valence-electron chi connectivity index (χ3n) is 2.84. The van der Waals surface area contributed by atoms with E-state index in [0.717, 1.165) is 12.1 Å². The average Bonchev–Trinajstić information content (AvgIpc) is 2.72. The van der Waals surface area contributed by atoms with Gasteiger partial charge in [-0.1, -0.05) is 20.8 Å². The molecule has 0 aliphatic heterocycles. The predicted molar refractivity (Wildman–Crippen MR) is 67.7 cm³/mol. The summed E-state index contributed by atoms with van der Waals surface area (Å²) in [6.45, 7) is 6.92. The van der Waals surface area contributed by atoms with Crippen molar-refractivity contribution in [2.45, 2.75) is 39.7 Å². The monoisotopic (exact) mass is 278 g/mol. The minimum Gasteiger partial charge on any atom is -0.352 e. The van der Waals surface area contributed by atoms with Crippen LogP contribution in [-0.4, -0.2) is 24.1 Å². The smallest absolute Gasteiger partial charge is 0.352 e. The zero-order chi connectivity index (χ0) is 14.5. The van der Waals surface area contributed by atoms with Crippen LogP contribution >= 0.6 is 0 Å². The van der Waals surface area contributed by atoms with Gasteiger partial charge in [0.05, 0.1) is 6.61 Å². The first-order valence-corrected chi connectivity index (χ1v) is 6.43. The number of hydrogen-bond donors (Lipinski definition) is 1. The molecular formula is C13H21F3N2O. The van der Waals surface area contributed by atoms with Crippen LogP contribution in [0.15, 0.2) is 18.5 Å². The lowest BCUT2D eigenvalue weighted by Gasteiger charge is -2.20. The summed E-state index contributed by atoms with van der Waals surface area (Å²) in [4.78, 5) is 0. The average molecular weight is 278 g/mol. The van der Waals surface area contributed by atoms with Crippen LogP contribution in [0.4, 0.5) is 13.2 Å². The number of halogens is 3. The summed E-state index contributed by atoms with van der Waals surface area (Å²) in [5.74, 6) is 0.419. The molecule has 110 valence electrons. The molecule has 0 aliphatic rings. The summed E-state index contributed by atoms with van der Waals surface area (Å²) in [5.41, 5.74) is 1.09. The van der Waals surface area contributed by atoms with Crippen LogP contribution in [0.1, 0.15) is 32.4 Å². The maximum absolute atomic E-state index is 11.9. The summed E-state index contributed by atoms with van der Waals surface area (Å²) in [7, 11) is 0. The Morgan fingerprint density at radius 1 is 1.37 bits per heavy atom. The van der Waals surface area contributed by atoms with Crippen molar-refractivity contribution in [1.82, 2.24) is 9.88 Å². The van der Waals surface area contributed by atoms with E-state index in [1.54, 1.807) is 10.8 Å². The van der Waals surface area contributed by atoms with Crippen molar-refractivity contribution in [3.05, 3.63) is 24.0 Å². The Morgan fingerprint density at radius 2 is 2.05 bits per heavy atom. The number of hydrogen-bond acceptors (Lipinski definition) is 2. The van der Waals surface area contributed by atoms with Crippen LogP contribution in [-0.2, 0) is 11.3 Å². The Hall–Kier alpha value is -1.01. The molecule has 0 bridgehead atoms. The lowest BCUT2D eigenvalue weighted by molar-refractivity contribution is -0.325. The topological polar surface area (TPSA) is 26.2 Å². The minimum absolute atomic E-state index is 0.191. The van der Waals surface area contributed by atoms with Crippen LogP contribution in [0, 0.1) is 5.92 Å². The molecule has 1 N–H and O–H groups in total. The fraction of sp³-hybridized carbons (Fsp3) is 0.692. The Kier molecular flexibility index (Phi) is 5.87. The third-order valence-corrected chi connectivity index (χ3v) is 2.84. The van der Waals surface area contributed by atoms with Crippen LogP contribution in [0.25, 0.3) is 0 Å². The van der Waals surface area contributed by atoms with E-state index in [1.807, 2.05) is 19.2 Å². The van der Waals surface area contributed by atoms with Gasteiger partial charge in [0.15, 0.2) is 0 Å². The van der Waals surface area contributed by atoms with Crippen molar-refractivity contribution in [1.29, 1.82) is 0 Å². The first-order valence-electron chi connectivity index (χ1n) is 6.43. The summed E-state index contributed by atoms with van der Waals surface area (Å²) >= 11 is 0. The molecular weight excluding hydrogens is 257 g/mol. The summed E-state index contributed by atoms with van der Waals surface area (Å²) < 4.78 is 41.0. The van der Waals surface area contributed by atoms with Gasteiger partial charge in [0.1, 0.15) is 0 Å². The number of nitrogens with one attached hydrogen (secondary N) is 1. The first-order chi connectivity index (χ1) is 8.83. The second-order valence-electron chi connectivity index (χ2n) is 4.76. The minimum atomic E-state index is -4.56. The molecule has 1 atom stereocenters. The zero-order valence-corrected chi connectivity index (χ0v) is 11.5. The number of rotatable bonds is 7. The van der Waals surface area contributed by atoms with Gasteiger partial charge in [-0.15, -0.1) is 13.2 Å². The highest BCUT2D eigenvalue weighted by Crippen LogP contribution is 2.22. The number of alkyl halides is 3. The number of nitrogens with zero attached hydrogens (tertiary/aromatic N) is 1. The molecule has 1 aromatic heterocycles. The molecule has 1 rings (SSSR count). The van der Waals surface area contributed by atoms with E-state index in [0.29, 0.717) is 5.92 Å². The van der Waals surface area contributed by atoms with Gasteiger partial charge >= 0.3 is 6.36 Å². The number of ether oxygens (including phenoxy) is 1. The van der Waals surface area contributed by atoms with E-state index in [2.05, 4.69) is 23.9 Å². The highest BCUT2D eigenvalue weighted by atomic mass is 19.4. The van der Waals surface area contributed by atoms with Crippen molar-refractivity contribution < 1.29 is 17.9 Å². The first kappa shape index (κ1) is 16.0. The maximum Gasteiger partial charge on any atom is 0.522 e. The Balaban J connectivity index is 2.55. The van der Waals surface area contributed by atoms with Crippen molar-refractivity contribution in [3.8, 4) is 0 Å². The van der Waals surface area contributed by atoms with Gasteiger partial charge in [0.25, 0.3) is 0 Å². The number of aromatic nitrogens is 1. The van der Waals surface area contributed by atoms with Crippen molar-refractivity contribution in [2.24, 2.45) is 5.92 Å². The quantitative estimate of drug-likeness (QED) is 0.828.